The molecule has 0 aromatic heterocycles. The number of nitrogens with one attached hydrogen (secondary N) is 2. The molecule has 2 amide bonds. The summed E-state index contributed by atoms with van der Waals surface area (Å²) in [6.45, 7) is 0.750. The maximum absolute atomic E-state index is 11.9. The van der Waals surface area contributed by atoms with Crippen molar-refractivity contribution in [3.05, 3.63) is 63.2 Å². The largest absolute Gasteiger partial charge is 0.452 e. The molecule has 10 heteroatoms. The van der Waals surface area contributed by atoms with Gasteiger partial charge in [-0.25, -0.2) is 4.79 Å². The average Bonchev–Trinajstić information content (AvgIpc) is 2.61. The average molecular weight is 392 g/mol. The summed E-state index contributed by atoms with van der Waals surface area (Å²) < 4.78 is 4.89. The number of nitro benzene ring substituents is 1. The number of benzene rings is 2. The topological polar surface area (TPSA) is 128 Å². The molecule has 0 aliphatic heterocycles. The Kier molecular flexibility index (Phi) is 6.45. The van der Waals surface area contributed by atoms with Crippen molar-refractivity contribution in [3.8, 4) is 0 Å². The number of ether oxygens (including phenoxy) is 1. The molecule has 0 fully saturated rings. The molecule has 0 bridgehead atoms. The van der Waals surface area contributed by atoms with Gasteiger partial charge in [-0.3, -0.25) is 19.7 Å². The molecule has 0 aliphatic carbocycles. The highest BCUT2D eigenvalue weighted by atomic mass is 35.5. The van der Waals surface area contributed by atoms with Crippen molar-refractivity contribution in [1.82, 2.24) is 0 Å². The van der Waals surface area contributed by atoms with Crippen LogP contribution < -0.4 is 10.6 Å². The number of halogens is 1. The lowest BCUT2D eigenvalue weighted by Gasteiger charge is -2.08. The number of hydrogen-bond donors (Lipinski definition) is 2. The third-order valence-corrected chi connectivity index (χ3v) is 3.54. The molecule has 2 rings (SSSR count). The number of carbonyl (C=O) groups excluding carboxylic acids is 3. The zero-order valence-electron chi connectivity index (χ0n) is 14.0. The first kappa shape index (κ1) is 19.9. The van der Waals surface area contributed by atoms with Crippen molar-refractivity contribution in [1.29, 1.82) is 0 Å². The van der Waals surface area contributed by atoms with E-state index < -0.39 is 23.4 Å². The smallest absolute Gasteiger partial charge is 0.338 e. The highest BCUT2D eigenvalue weighted by molar-refractivity contribution is 6.33. The van der Waals surface area contributed by atoms with E-state index in [1.54, 1.807) is 0 Å². The summed E-state index contributed by atoms with van der Waals surface area (Å²) in [4.78, 5) is 44.9. The highest BCUT2D eigenvalue weighted by Crippen LogP contribution is 2.26. The summed E-state index contributed by atoms with van der Waals surface area (Å²) in [6.07, 6.45) is 0. The Morgan fingerprint density at radius 3 is 2.37 bits per heavy atom. The van der Waals surface area contributed by atoms with Gasteiger partial charge in [0.05, 0.1) is 21.2 Å². The Hall–Kier alpha value is -3.46. The fourth-order valence-corrected chi connectivity index (χ4v) is 2.18. The first-order chi connectivity index (χ1) is 12.8. The lowest BCUT2D eigenvalue weighted by Crippen LogP contribution is -2.21. The maximum atomic E-state index is 11.9. The SMILES string of the molecule is CC(=O)Nc1ccc(C(=O)OCC(=O)Nc2cc([N+](=O)[O-])ccc2Cl)cc1. The second-order valence-electron chi connectivity index (χ2n) is 5.30. The summed E-state index contributed by atoms with van der Waals surface area (Å²) in [5.74, 6) is -1.70. The Bertz CT molecular complexity index is 898. The first-order valence-electron chi connectivity index (χ1n) is 7.55. The second kappa shape index (κ2) is 8.77. The van der Waals surface area contributed by atoms with Crippen molar-refractivity contribution in [2.45, 2.75) is 6.92 Å². The molecule has 2 aromatic rings. The summed E-state index contributed by atoms with van der Waals surface area (Å²) in [7, 11) is 0. The molecule has 0 spiro atoms. The molecule has 140 valence electrons. The van der Waals surface area contributed by atoms with Gasteiger partial charge >= 0.3 is 5.97 Å². The monoisotopic (exact) mass is 391 g/mol. The number of rotatable bonds is 6. The molecule has 0 saturated heterocycles. The molecule has 27 heavy (non-hydrogen) atoms. The van der Waals surface area contributed by atoms with E-state index in [2.05, 4.69) is 10.6 Å². The number of non-ortho nitro benzene ring substituents is 1. The van der Waals surface area contributed by atoms with Crippen LogP contribution in [0.25, 0.3) is 0 Å². The van der Waals surface area contributed by atoms with Crippen LogP contribution in [0, 0.1) is 10.1 Å². The number of nitrogens with zero attached hydrogens (tertiary/aromatic N) is 1. The van der Waals surface area contributed by atoms with E-state index in [0.717, 1.165) is 6.07 Å². The Morgan fingerprint density at radius 1 is 1.11 bits per heavy atom. The zero-order chi connectivity index (χ0) is 20.0. The van der Waals surface area contributed by atoms with Gasteiger partial charge in [0.1, 0.15) is 0 Å². The van der Waals surface area contributed by atoms with Gasteiger partial charge in [-0.15, -0.1) is 0 Å². The van der Waals surface area contributed by atoms with Gasteiger partial charge < -0.3 is 15.4 Å². The summed E-state index contributed by atoms with van der Waals surface area (Å²) >= 11 is 5.88. The third-order valence-electron chi connectivity index (χ3n) is 3.21. The van der Waals surface area contributed by atoms with Crippen molar-refractivity contribution >= 4 is 46.4 Å². The van der Waals surface area contributed by atoms with Crippen molar-refractivity contribution in [3.63, 3.8) is 0 Å². The maximum Gasteiger partial charge on any atom is 0.338 e. The summed E-state index contributed by atoms with van der Waals surface area (Å²) in [5.41, 5.74) is 0.486. The van der Waals surface area contributed by atoms with Crippen LogP contribution in [0.3, 0.4) is 0 Å². The van der Waals surface area contributed by atoms with Crippen molar-refractivity contribution < 1.29 is 24.0 Å². The standard InChI is InChI=1S/C17H14ClN3O6/c1-10(22)19-12-4-2-11(3-5-12)17(24)27-9-16(23)20-15-8-13(21(25)26)6-7-14(15)18/h2-8H,9H2,1H3,(H,19,22)(H,20,23). The second-order valence-corrected chi connectivity index (χ2v) is 5.71. The molecule has 2 aromatic carbocycles. The predicted octanol–water partition coefficient (Wildman–Crippen LogP) is 3.00. The van der Waals surface area contributed by atoms with Crippen LogP contribution in [-0.4, -0.2) is 29.3 Å². The van der Waals surface area contributed by atoms with Crippen LogP contribution in [0.15, 0.2) is 42.5 Å². The van der Waals surface area contributed by atoms with Gasteiger partial charge in [-0.1, -0.05) is 11.6 Å². The van der Waals surface area contributed by atoms with E-state index in [4.69, 9.17) is 16.3 Å². The van der Waals surface area contributed by atoms with E-state index in [-0.39, 0.29) is 27.9 Å². The van der Waals surface area contributed by atoms with Crippen LogP contribution >= 0.6 is 11.6 Å². The Labute approximate surface area is 158 Å². The predicted molar refractivity (Wildman–Crippen MR) is 97.8 cm³/mol. The Morgan fingerprint density at radius 2 is 1.78 bits per heavy atom. The minimum atomic E-state index is -0.746. The molecular weight excluding hydrogens is 378 g/mol. The molecule has 9 nitrogen and oxygen atoms in total. The number of anilines is 2. The molecule has 2 N–H and O–H groups in total. The normalized spacial score (nSPS) is 10.0. The molecule has 0 radical (unpaired) electrons. The van der Waals surface area contributed by atoms with Gasteiger partial charge in [0, 0.05) is 24.7 Å². The van der Waals surface area contributed by atoms with Crippen molar-refractivity contribution in [2.75, 3.05) is 17.2 Å². The summed E-state index contributed by atoms with van der Waals surface area (Å²) in [5, 5.41) is 15.8. The lowest BCUT2D eigenvalue weighted by atomic mass is 10.2. The number of amides is 2. The quantitative estimate of drug-likeness (QED) is 0.442. The van der Waals surface area contributed by atoms with Crippen LogP contribution in [0.4, 0.5) is 17.1 Å². The zero-order valence-corrected chi connectivity index (χ0v) is 14.8. The number of hydrogen-bond acceptors (Lipinski definition) is 6. The fraction of sp³-hybridized carbons (Fsp3) is 0.118. The molecule has 0 saturated carbocycles. The van der Waals surface area contributed by atoms with Gasteiger partial charge in [-0.2, -0.15) is 0 Å². The lowest BCUT2D eigenvalue weighted by molar-refractivity contribution is -0.384. The van der Waals surface area contributed by atoms with Gasteiger partial charge in [0.2, 0.25) is 5.91 Å². The minimum absolute atomic E-state index is 0.0339. The molecule has 0 unspecified atom stereocenters. The van der Waals surface area contributed by atoms with Gasteiger partial charge in [-0.05, 0) is 30.3 Å². The van der Waals surface area contributed by atoms with E-state index in [1.165, 1.54) is 43.3 Å². The Balaban J connectivity index is 1.93. The van der Waals surface area contributed by atoms with Gasteiger partial charge in [0.15, 0.2) is 6.61 Å². The van der Waals surface area contributed by atoms with E-state index in [9.17, 15) is 24.5 Å². The summed E-state index contributed by atoms with van der Waals surface area (Å²) in [6, 6.07) is 9.47. The number of carbonyl (C=O) groups is 3. The molecule has 0 heterocycles. The van der Waals surface area contributed by atoms with E-state index in [1.807, 2.05) is 0 Å². The van der Waals surface area contributed by atoms with Crippen LogP contribution in [-0.2, 0) is 14.3 Å². The molecule has 0 atom stereocenters. The van der Waals surface area contributed by atoms with E-state index >= 15 is 0 Å². The van der Waals surface area contributed by atoms with Crippen LogP contribution in [0.2, 0.25) is 5.02 Å². The molecule has 0 aliphatic rings. The van der Waals surface area contributed by atoms with Gasteiger partial charge in [0.25, 0.3) is 11.6 Å². The third kappa shape index (κ3) is 5.79. The fourth-order valence-electron chi connectivity index (χ4n) is 2.02. The number of esters is 1. The van der Waals surface area contributed by atoms with Crippen LogP contribution in [0.5, 0.6) is 0 Å². The van der Waals surface area contributed by atoms with E-state index in [0.29, 0.717) is 5.69 Å². The van der Waals surface area contributed by atoms with Crippen molar-refractivity contribution in [2.24, 2.45) is 0 Å². The highest BCUT2D eigenvalue weighted by Gasteiger charge is 2.14. The molecular formula is C17H14ClN3O6. The first-order valence-corrected chi connectivity index (χ1v) is 7.92. The number of nitro groups is 1. The minimum Gasteiger partial charge on any atom is -0.452 e. The van der Waals surface area contributed by atoms with Crippen LogP contribution in [0.1, 0.15) is 17.3 Å².